The number of fused-ring (bicyclic) bond motifs is 6. The van der Waals surface area contributed by atoms with Gasteiger partial charge in [-0.25, -0.2) is 19.9 Å². The Labute approximate surface area is 290 Å². The second-order valence-electron chi connectivity index (χ2n) is 12.9. The number of benzene rings is 4. The lowest BCUT2D eigenvalue weighted by Gasteiger charge is -2.22. The Morgan fingerprint density at radius 3 is 2.32 bits per heavy atom. The van der Waals surface area contributed by atoms with Crippen molar-refractivity contribution < 1.29 is 8.83 Å². The number of hydrogen-bond donors (Lipinski definition) is 0. The molecule has 6 nitrogen and oxygen atoms in total. The number of oxazole rings is 1. The topological polar surface area (TPSA) is 77.8 Å². The van der Waals surface area contributed by atoms with E-state index in [0.29, 0.717) is 28.8 Å². The van der Waals surface area contributed by atoms with E-state index in [1.165, 1.54) is 23.1 Å². The number of nitrogens with zero attached hydrogens (tertiary/aromatic N) is 4. The third kappa shape index (κ3) is 4.79. The van der Waals surface area contributed by atoms with Gasteiger partial charge in [-0.15, -0.1) is 0 Å². The highest BCUT2D eigenvalue weighted by atomic mass is 16.3. The second kappa shape index (κ2) is 11.9. The minimum atomic E-state index is -0.225. The molecule has 0 aliphatic heterocycles. The third-order valence-corrected chi connectivity index (χ3v) is 9.62. The number of rotatable bonds is 8. The van der Waals surface area contributed by atoms with Gasteiger partial charge < -0.3 is 8.83 Å². The fourth-order valence-corrected chi connectivity index (χ4v) is 7.11. The van der Waals surface area contributed by atoms with E-state index in [4.69, 9.17) is 23.8 Å². The Morgan fingerprint density at radius 1 is 0.740 bits per heavy atom. The molecule has 0 atom stereocenters. The van der Waals surface area contributed by atoms with Gasteiger partial charge in [-0.3, -0.25) is 0 Å². The van der Waals surface area contributed by atoms with E-state index >= 15 is 0 Å². The van der Waals surface area contributed by atoms with E-state index in [0.717, 1.165) is 55.5 Å². The summed E-state index contributed by atoms with van der Waals surface area (Å²) in [6, 6.07) is 27.0. The average molecular weight is 651 g/mol. The maximum Gasteiger partial charge on any atom is 0.182 e. The maximum absolute atomic E-state index is 6.86. The zero-order valence-corrected chi connectivity index (χ0v) is 28.2. The Balaban J connectivity index is 1.29. The monoisotopic (exact) mass is 650 g/mol. The van der Waals surface area contributed by atoms with Crippen LogP contribution in [0.3, 0.4) is 0 Å². The van der Waals surface area contributed by atoms with Crippen molar-refractivity contribution >= 4 is 33.2 Å². The zero-order valence-electron chi connectivity index (χ0n) is 28.2. The predicted octanol–water partition coefficient (Wildman–Crippen LogP) is 11.1. The quantitative estimate of drug-likeness (QED) is 0.152. The highest BCUT2D eigenvalue weighted by Gasteiger charge is 2.38. The molecule has 3 aromatic heterocycles. The van der Waals surface area contributed by atoms with Crippen LogP contribution < -0.4 is 0 Å². The van der Waals surface area contributed by atoms with Crippen molar-refractivity contribution in [1.29, 1.82) is 0 Å². The standard InChI is InChI=1S/C44H34N4O2/c1-7-14-27(9-3)41-46-42(28-16-11-10-12-17-28)48-43(47-41)33(15-8-2)38-26(4)30-18-13-19-31(39(30)50-38)29-20-21-32-35(24-29)44(5,6)34-22-23-36-40(37(32)34)49-25-45-36/h7-25H,1-3H2,4-6H3/b27-14+,33-15+. The van der Waals surface area contributed by atoms with Gasteiger partial charge in [0.2, 0.25) is 0 Å². The largest absolute Gasteiger partial charge is 0.455 e. The smallest absolute Gasteiger partial charge is 0.182 e. The van der Waals surface area contributed by atoms with Crippen LogP contribution in [0.1, 0.15) is 47.9 Å². The molecule has 1 aliphatic carbocycles. The number of furan rings is 1. The van der Waals surface area contributed by atoms with Gasteiger partial charge in [0.25, 0.3) is 0 Å². The molecule has 0 bridgehead atoms. The summed E-state index contributed by atoms with van der Waals surface area (Å²) >= 11 is 0. The van der Waals surface area contributed by atoms with Crippen molar-refractivity contribution in [3.05, 3.63) is 169 Å². The van der Waals surface area contributed by atoms with E-state index in [9.17, 15) is 0 Å². The molecule has 0 N–H and O–H groups in total. The summed E-state index contributed by atoms with van der Waals surface area (Å²) in [6.07, 6.45) is 10.4. The van der Waals surface area contributed by atoms with E-state index in [1.54, 1.807) is 18.2 Å². The molecule has 0 amide bonds. The van der Waals surface area contributed by atoms with Crippen molar-refractivity contribution in [3.8, 4) is 33.6 Å². The third-order valence-electron chi connectivity index (χ3n) is 9.62. The van der Waals surface area contributed by atoms with Crippen LogP contribution in [0.5, 0.6) is 0 Å². The highest BCUT2D eigenvalue weighted by molar-refractivity contribution is 6.01. The van der Waals surface area contributed by atoms with E-state index in [-0.39, 0.29) is 5.41 Å². The molecule has 1 aliphatic rings. The maximum atomic E-state index is 6.86. The SMILES string of the molecule is C=C/C=C(/c1nc(/C(C=C)=C/C=C)nc(-c2ccccc2)n1)c1oc2c(-c3ccc4c(c3)C(C)(C)c3ccc5ncoc5c3-4)cccc2c1C. The van der Waals surface area contributed by atoms with Crippen LogP contribution in [0, 0.1) is 6.92 Å². The molecule has 50 heavy (non-hydrogen) atoms. The molecule has 242 valence electrons. The lowest BCUT2D eigenvalue weighted by molar-refractivity contribution is 0.597. The summed E-state index contributed by atoms with van der Waals surface area (Å²) in [6.45, 7) is 18.5. The van der Waals surface area contributed by atoms with Crippen LogP contribution >= 0.6 is 0 Å². The van der Waals surface area contributed by atoms with Gasteiger partial charge in [-0.1, -0.05) is 125 Å². The lowest BCUT2D eigenvalue weighted by atomic mass is 9.81. The summed E-state index contributed by atoms with van der Waals surface area (Å²) in [4.78, 5) is 19.1. The first-order valence-electron chi connectivity index (χ1n) is 16.5. The van der Waals surface area contributed by atoms with Crippen molar-refractivity contribution in [1.82, 2.24) is 19.9 Å². The zero-order chi connectivity index (χ0) is 34.6. The van der Waals surface area contributed by atoms with Crippen LogP contribution in [0.25, 0.3) is 66.9 Å². The highest BCUT2D eigenvalue weighted by Crippen LogP contribution is 2.52. The number of aromatic nitrogens is 4. The Kier molecular flexibility index (Phi) is 7.38. The molecular weight excluding hydrogens is 617 g/mol. The summed E-state index contributed by atoms with van der Waals surface area (Å²) in [5.74, 6) is 2.15. The van der Waals surface area contributed by atoms with Crippen molar-refractivity contribution in [2.75, 3.05) is 0 Å². The molecule has 3 heterocycles. The van der Waals surface area contributed by atoms with Crippen molar-refractivity contribution in [2.45, 2.75) is 26.2 Å². The predicted molar refractivity (Wildman–Crippen MR) is 202 cm³/mol. The van der Waals surface area contributed by atoms with Crippen molar-refractivity contribution in [3.63, 3.8) is 0 Å². The van der Waals surface area contributed by atoms with Gasteiger partial charge in [0.05, 0.1) is 5.57 Å². The van der Waals surface area contributed by atoms with Gasteiger partial charge in [0.1, 0.15) is 16.9 Å². The second-order valence-corrected chi connectivity index (χ2v) is 12.9. The number of allylic oxidation sites excluding steroid dienone is 6. The normalized spacial score (nSPS) is 13.7. The van der Waals surface area contributed by atoms with Gasteiger partial charge in [-0.2, -0.15) is 0 Å². The van der Waals surface area contributed by atoms with Gasteiger partial charge in [0.15, 0.2) is 29.4 Å². The van der Waals surface area contributed by atoms with Gasteiger partial charge in [0, 0.05) is 38.6 Å². The summed E-state index contributed by atoms with van der Waals surface area (Å²) < 4.78 is 12.7. The van der Waals surface area contributed by atoms with Crippen LogP contribution in [-0.2, 0) is 5.41 Å². The molecular formula is C44H34N4O2. The molecule has 7 aromatic rings. The first kappa shape index (κ1) is 30.9. The fraction of sp³-hybridized carbons (Fsp3) is 0.0909. The number of para-hydroxylation sites is 1. The Bertz CT molecular complexity index is 2580. The minimum absolute atomic E-state index is 0.225. The van der Waals surface area contributed by atoms with Crippen LogP contribution in [0.2, 0.25) is 0 Å². The molecule has 8 rings (SSSR count). The molecule has 0 spiro atoms. The molecule has 0 saturated heterocycles. The van der Waals surface area contributed by atoms with E-state index < -0.39 is 0 Å². The molecule has 0 radical (unpaired) electrons. The van der Waals surface area contributed by atoms with Gasteiger partial charge in [-0.05, 0) is 47.4 Å². The summed E-state index contributed by atoms with van der Waals surface area (Å²) in [7, 11) is 0. The lowest BCUT2D eigenvalue weighted by Crippen LogP contribution is -2.14. The molecule has 0 fully saturated rings. The summed E-state index contributed by atoms with van der Waals surface area (Å²) in [5.41, 5.74) is 12.3. The Hall–Kier alpha value is -6.40. The van der Waals surface area contributed by atoms with Gasteiger partial charge >= 0.3 is 0 Å². The van der Waals surface area contributed by atoms with E-state index in [1.807, 2.05) is 48.6 Å². The molecule has 0 saturated carbocycles. The minimum Gasteiger partial charge on any atom is -0.455 e. The average Bonchev–Trinajstić information content (AvgIpc) is 3.82. The van der Waals surface area contributed by atoms with Crippen molar-refractivity contribution in [2.24, 2.45) is 0 Å². The first-order valence-corrected chi connectivity index (χ1v) is 16.5. The number of hydrogen-bond acceptors (Lipinski definition) is 6. The Morgan fingerprint density at radius 2 is 1.54 bits per heavy atom. The summed E-state index contributed by atoms with van der Waals surface area (Å²) in [5, 5.41) is 1.01. The van der Waals surface area contributed by atoms with Crippen LogP contribution in [-0.4, -0.2) is 19.9 Å². The van der Waals surface area contributed by atoms with E-state index in [2.05, 4.69) is 88.0 Å². The number of aryl methyl sites for hydroxylation is 1. The molecule has 0 unspecified atom stereocenters. The van der Waals surface area contributed by atoms with Crippen LogP contribution in [0.4, 0.5) is 0 Å². The fourth-order valence-electron chi connectivity index (χ4n) is 7.11. The molecule has 6 heteroatoms. The first-order chi connectivity index (χ1) is 24.3. The van der Waals surface area contributed by atoms with Crippen LogP contribution in [0.15, 0.2) is 144 Å². The molecule has 4 aromatic carbocycles.